The second kappa shape index (κ2) is 7.26. The van der Waals surface area contributed by atoms with E-state index in [0.717, 1.165) is 25.2 Å². The summed E-state index contributed by atoms with van der Waals surface area (Å²) in [4.78, 5) is 14.2. The molecule has 0 unspecified atom stereocenters. The molecule has 0 saturated carbocycles. The van der Waals surface area contributed by atoms with E-state index in [2.05, 4.69) is 10.2 Å². The van der Waals surface area contributed by atoms with Crippen LogP contribution in [0.15, 0.2) is 24.3 Å². The minimum Gasteiger partial charge on any atom is -0.508 e. The topological polar surface area (TPSA) is 78.6 Å². The van der Waals surface area contributed by atoms with Crippen LogP contribution in [0.2, 0.25) is 0 Å². The second-order valence-electron chi connectivity index (χ2n) is 5.32. The molecule has 1 atom stereocenters. The van der Waals surface area contributed by atoms with Gasteiger partial charge in [0.15, 0.2) is 0 Å². The summed E-state index contributed by atoms with van der Waals surface area (Å²) >= 11 is 0. The number of hydrogen-bond acceptors (Lipinski definition) is 4. The molecule has 110 valence electrons. The Morgan fingerprint density at radius 2 is 1.95 bits per heavy atom. The van der Waals surface area contributed by atoms with E-state index in [1.807, 2.05) is 0 Å². The predicted molar refractivity (Wildman–Crippen MR) is 78.5 cm³/mol. The summed E-state index contributed by atoms with van der Waals surface area (Å²) in [5, 5.41) is 12.1. The van der Waals surface area contributed by atoms with Gasteiger partial charge in [-0.1, -0.05) is 12.1 Å². The van der Waals surface area contributed by atoms with E-state index in [1.54, 1.807) is 24.3 Å². The minimum atomic E-state index is -0.543. The van der Waals surface area contributed by atoms with Crippen molar-refractivity contribution in [2.24, 2.45) is 5.73 Å². The Bertz CT molecular complexity index is 427. The molecule has 0 aromatic heterocycles. The maximum Gasteiger partial charge on any atom is 0.237 e. The van der Waals surface area contributed by atoms with Gasteiger partial charge in [0.05, 0.1) is 6.04 Å². The minimum absolute atomic E-state index is 0.114. The number of phenols is 1. The largest absolute Gasteiger partial charge is 0.508 e. The molecule has 1 aliphatic heterocycles. The van der Waals surface area contributed by atoms with Gasteiger partial charge in [-0.05, 0) is 50.0 Å². The molecule has 1 aromatic rings. The Balaban J connectivity index is 1.69. The smallest absolute Gasteiger partial charge is 0.237 e. The van der Waals surface area contributed by atoms with Crippen LogP contribution < -0.4 is 11.1 Å². The molecular formula is C15H23N3O2. The number of phenolic OH excluding ortho intramolecular Hbond substituents is 1. The van der Waals surface area contributed by atoms with Crippen LogP contribution in [0.5, 0.6) is 5.75 Å². The highest BCUT2D eigenvalue weighted by Crippen LogP contribution is 2.11. The Hall–Kier alpha value is -1.59. The fraction of sp³-hybridized carbons (Fsp3) is 0.533. The molecule has 5 nitrogen and oxygen atoms in total. The number of likely N-dealkylation sites (tertiary alicyclic amines) is 1. The zero-order valence-electron chi connectivity index (χ0n) is 11.7. The Labute approximate surface area is 119 Å². The van der Waals surface area contributed by atoms with Crippen molar-refractivity contribution >= 4 is 5.91 Å². The molecule has 0 bridgehead atoms. The van der Waals surface area contributed by atoms with Gasteiger partial charge in [-0.15, -0.1) is 0 Å². The summed E-state index contributed by atoms with van der Waals surface area (Å²) in [6, 6.07) is 6.23. The zero-order chi connectivity index (χ0) is 14.4. The van der Waals surface area contributed by atoms with Crippen molar-refractivity contribution in [3.8, 4) is 5.75 Å². The van der Waals surface area contributed by atoms with Crippen LogP contribution in [0.4, 0.5) is 0 Å². The fourth-order valence-corrected chi connectivity index (χ4v) is 2.45. The Morgan fingerprint density at radius 1 is 1.30 bits per heavy atom. The lowest BCUT2D eigenvalue weighted by Gasteiger charge is -2.16. The average molecular weight is 277 g/mol. The third kappa shape index (κ3) is 4.51. The number of rotatable bonds is 6. The number of nitrogens with zero attached hydrogens (tertiary/aromatic N) is 1. The monoisotopic (exact) mass is 277 g/mol. The number of carbonyl (C=O) groups excluding carboxylic acids is 1. The second-order valence-corrected chi connectivity index (χ2v) is 5.32. The molecule has 4 N–H and O–H groups in total. The average Bonchev–Trinajstić information content (AvgIpc) is 2.94. The van der Waals surface area contributed by atoms with E-state index in [1.165, 1.54) is 12.8 Å². The molecule has 2 rings (SSSR count). The van der Waals surface area contributed by atoms with Crippen LogP contribution in [-0.2, 0) is 11.2 Å². The number of nitrogens with one attached hydrogen (secondary N) is 1. The molecule has 1 aliphatic rings. The summed E-state index contributed by atoms with van der Waals surface area (Å²) in [6.45, 7) is 3.82. The van der Waals surface area contributed by atoms with Crippen molar-refractivity contribution in [3.63, 3.8) is 0 Å². The van der Waals surface area contributed by atoms with Crippen molar-refractivity contribution in [1.82, 2.24) is 10.2 Å². The lowest BCUT2D eigenvalue weighted by molar-refractivity contribution is -0.122. The van der Waals surface area contributed by atoms with E-state index >= 15 is 0 Å². The molecule has 1 fully saturated rings. The van der Waals surface area contributed by atoms with E-state index in [-0.39, 0.29) is 11.7 Å². The molecule has 0 spiro atoms. The van der Waals surface area contributed by atoms with Crippen LogP contribution in [0, 0.1) is 0 Å². The predicted octanol–water partition coefficient (Wildman–Crippen LogP) is 0.474. The van der Waals surface area contributed by atoms with Crippen LogP contribution in [0.1, 0.15) is 18.4 Å². The van der Waals surface area contributed by atoms with Crippen LogP contribution in [0.3, 0.4) is 0 Å². The Kier molecular flexibility index (Phi) is 5.38. The van der Waals surface area contributed by atoms with Gasteiger partial charge in [0.1, 0.15) is 5.75 Å². The quantitative estimate of drug-likeness (QED) is 0.706. The lowest BCUT2D eigenvalue weighted by atomic mass is 10.1. The summed E-state index contributed by atoms with van der Waals surface area (Å²) in [5.74, 6) is 0.106. The van der Waals surface area contributed by atoms with Gasteiger partial charge in [0.2, 0.25) is 5.91 Å². The third-order valence-electron chi connectivity index (χ3n) is 3.65. The van der Waals surface area contributed by atoms with Crippen molar-refractivity contribution in [2.45, 2.75) is 25.3 Å². The third-order valence-corrected chi connectivity index (χ3v) is 3.65. The zero-order valence-corrected chi connectivity index (χ0v) is 11.7. The van der Waals surface area contributed by atoms with Crippen LogP contribution in [-0.4, -0.2) is 48.1 Å². The maximum absolute atomic E-state index is 11.9. The summed E-state index contributed by atoms with van der Waals surface area (Å²) in [7, 11) is 0. The molecule has 20 heavy (non-hydrogen) atoms. The van der Waals surface area contributed by atoms with Gasteiger partial charge in [-0.25, -0.2) is 0 Å². The van der Waals surface area contributed by atoms with Crippen LogP contribution >= 0.6 is 0 Å². The van der Waals surface area contributed by atoms with Gasteiger partial charge in [0, 0.05) is 13.1 Å². The lowest BCUT2D eigenvalue weighted by Crippen LogP contribution is -2.44. The summed E-state index contributed by atoms with van der Waals surface area (Å²) < 4.78 is 0. The molecule has 5 heteroatoms. The van der Waals surface area contributed by atoms with Crippen molar-refractivity contribution in [3.05, 3.63) is 29.8 Å². The van der Waals surface area contributed by atoms with Crippen molar-refractivity contribution < 1.29 is 9.90 Å². The molecule has 1 amide bonds. The number of carbonyl (C=O) groups is 1. The highest BCUT2D eigenvalue weighted by Gasteiger charge is 2.15. The van der Waals surface area contributed by atoms with Gasteiger partial charge in [-0.2, -0.15) is 0 Å². The van der Waals surface area contributed by atoms with Gasteiger partial charge in [0.25, 0.3) is 0 Å². The summed E-state index contributed by atoms with van der Waals surface area (Å²) in [5.41, 5.74) is 6.84. The maximum atomic E-state index is 11.9. The number of hydrogen-bond donors (Lipinski definition) is 3. The van der Waals surface area contributed by atoms with Gasteiger partial charge < -0.3 is 21.1 Å². The first-order valence-corrected chi connectivity index (χ1v) is 7.19. The van der Waals surface area contributed by atoms with E-state index in [9.17, 15) is 9.90 Å². The first kappa shape index (κ1) is 14.8. The van der Waals surface area contributed by atoms with Crippen molar-refractivity contribution in [1.29, 1.82) is 0 Å². The van der Waals surface area contributed by atoms with E-state index in [0.29, 0.717) is 13.0 Å². The molecular weight excluding hydrogens is 254 g/mol. The Morgan fingerprint density at radius 3 is 2.60 bits per heavy atom. The van der Waals surface area contributed by atoms with Crippen LogP contribution in [0.25, 0.3) is 0 Å². The first-order valence-electron chi connectivity index (χ1n) is 7.19. The first-order chi connectivity index (χ1) is 9.65. The number of nitrogens with two attached hydrogens (primary N) is 1. The van der Waals surface area contributed by atoms with E-state index < -0.39 is 6.04 Å². The molecule has 1 saturated heterocycles. The molecule has 0 radical (unpaired) electrons. The number of aromatic hydroxyl groups is 1. The summed E-state index contributed by atoms with van der Waals surface area (Å²) in [6.07, 6.45) is 3.00. The highest BCUT2D eigenvalue weighted by atomic mass is 16.3. The number of amides is 1. The normalized spacial score (nSPS) is 17.1. The van der Waals surface area contributed by atoms with Crippen molar-refractivity contribution in [2.75, 3.05) is 26.2 Å². The standard InChI is InChI=1S/C15H23N3O2/c16-14(11-12-3-5-13(19)6-4-12)15(20)17-7-10-18-8-1-2-9-18/h3-6,14,19H,1-2,7-11,16H2,(H,17,20)/t14-/m0/s1. The van der Waals surface area contributed by atoms with Gasteiger partial charge in [-0.3, -0.25) is 4.79 Å². The number of benzene rings is 1. The molecule has 0 aliphatic carbocycles. The fourth-order valence-electron chi connectivity index (χ4n) is 2.45. The van der Waals surface area contributed by atoms with Gasteiger partial charge >= 0.3 is 0 Å². The molecule has 1 aromatic carbocycles. The SMILES string of the molecule is N[C@@H](Cc1ccc(O)cc1)C(=O)NCCN1CCCC1. The highest BCUT2D eigenvalue weighted by molar-refractivity contribution is 5.81. The van der Waals surface area contributed by atoms with E-state index in [4.69, 9.17) is 5.73 Å². The molecule has 1 heterocycles.